The maximum absolute atomic E-state index is 12.7. The number of ether oxygens (including phenoxy) is 1. The Morgan fingerprint density at radius 3 is 2.60 bits per heavy atom. The average molecular weight is 344 g/mol. The Bertz CT molecular complexity index is 584. The summed E-state index contributed by atoms with van der Waals surface area (Å²) in [5.74, 6) is 0.0903. The molecule has 1 N–H and O–H groups in total. The van der Waals surface area contributed by atoms with Crippen LogP contribution in [-0.2, 0) is 14.3 Å². The van der Waals surface area contributed by atoms with Gasteiger partial charge < -0.3 is 15.0 Å². The first-order chi connectivity index (χ1) is 12.1. The fraction of sp³-hybridized carbons (Fsp3) is 0.600. The monoisotopic (exact) mass is 344 g/mol. The highest BCUT2D eigenvalue weighted by Gasteiger charge is 2.30. The van der Waals surface area contributed by atoms with Gasteiger partial charge in [-0.25, -0.2) is 0 Å². The van der Waals surface area contributed by atoms with E-state index in [1.54, 1.807) is 6.92 Å². The molecule has 1 saturated heterocycles. The number of amides is 2. The van der Waals surface area contributed by atoms with Gasteiger partial charge in [0.1, 0.15) is 12.1 Å². The molecule has 5 nitrogen and oxygen atoms in total. The van der Waals surface area contributed by atoms with Crippen molar-refractivity contribution in [2.24, 2.45) is 5.92 Å². The van der Waals surface area contributed by atoms with Gasteiger partial charge in [-0.05, 0) is 25.3 Å². The molecular formula is C20H28N2O3. The maximum atomic E-state index is 12.7. The number of nitrogens with one attached hydrogen (secondary N) is 1. The Kier molecular flexibility index (Phi) is 6.08. The summed E-state index contributed by atoms with van der Waals surface area (Å²) in [5, 5.41) is 2.93. The third-order valence-electron chi connectivity index (χ3n) is 5.25. The van der Waals surface area contributed by atoms with Crippen molar-refractivity contribution in [2.75, 3.05) is 19.7 Å². The van der Waals surface area contributed by atoms with E-state index in [2.05, 4.69) is 5.32 Å². The molecule has 0 radical (unpaired) electrons. The number of carbonyl (C=O) groups excluding carboxylic acids is 2. The lowest BCUT2D eigenvalue weighted by atomic mass is 9.88. The minimum Gasteiger partial charge on any atom is -0.370 e. The van der Waals surface area contributed by atoms with E-state index in [1.165, 1.54) is 6.42 Å². The molecule has 2 amide bonds. The molecule has 2 fully saturated rings. The molecule has 2 atom stereocenters. The molecule has 1 aromatic carbocycles. The van der Waals surface area contributed by atoms with E-state index in [1.807, 2.05) is 35.2 Å². The maximum Gasteiger partial charge on any atom is 0.245 e. The topological polar surface area (TPSA) is 58.6 Å². The fourth-order valence-corrected chi connectivity index (χ4v) is 3.75. The molecule has 2 aliphatic rings. The van der Waals surface area contributed by atoms with Gasteiger partial charge in [0.15, 0.2) is 0 Å². The van der Waals surface area contributed by atoms with E-state index in [0.717, 1.165) is 31.2 Å². The van der Waals surface area contributed by atoms with Crippen molar-refractivity contribution in [1.29, 1.82) is 0 Å². The molecular weight excluding hydrogens is 316 g/mol. The van der Waals surface area contributed by atoms with Crippen LogP contribution in [0, 0.1) is 5.92 Å². The number of hydrogen-bond donors (Lipinski definition) is 1. The Morgan fingerprint density at radius 2 is 1.88 bits per heavy atom. The molecule has 0 bridgehead atoms. The molecule has 0 aromatic heterocycles. The summed E-state index contributed by atoms with van der Waals surface area (Å²) in [4.78, 5) is 26.9. The molecule has 1 heterocycles. The molecule has 136 valence electrons. The van der Waals surface area contributed by atoms with Crippen LogP contribution in [0.25, 0.3) is 0 Å². The van der Waals surface area contributed by atoms with Crippen molar-refractivity contribution in [3.8, 4) is 0 Å². The number of rotatable bonds is 4. The van der Waals surface area contributed by atoms with Crippen LogP contribution in [0.2, 0.25) is 0 Å². The van der Waals surface area contributed by atoms with E-state index < -0.39 is 6.04 Å². The van der Waals surface area contributed by atoms with Crippen molar-refractivity contribution >= 4 is 11.8 Å². The second-order valence-corrected chi connectivity index (χ2v) is 7.12. The summed E-state index contributed by atoms with van der Waals surface area (Å²) in [6.07, 6.45) is 5.24. The largest absolute Gasteiger partial charge is 0.370 e. The number of carbonyl (C=O) groups is 2. The molecule has 1 aromatic rings. The van der Waals surface area contributed by atoms with Crippen LogP contribution in [0.5, 0.6) is 0 Å². The zero-order valence-electron chi connectivity index (χ0n) is 14.9. The summed E-state index contributed by atoms with van der Waals surface area (Å²) in [6.45, 7) is 3.42. The third kappa shape index (κ3) is 4.60. The summed E-state index contributed by atoms with van der Waals surface area (Å²) in [6, 6.07) is 9.49. The van der Waals surface area contributed by atoms with E-state index in [-0.39, 0.29) is 23.8 Å². The molecule has 0 spiro atoms. The van der Waals surface area contributed by atoms with Gasteiger partial charge in [0.25, 0.3) is 0 Å². The van der Waals surface area contributed by atoms with Gasteiger partial charge in [-0.1, -0.05) is 49.6 Å². The van der Waals surface area contributed by atoms with Crippen molar-refractivity contribution in [3.63, 3.8) is 0 Å². The minimum absolute atomic E-state index is 0.0200. The molecule has 1 aliphatic carbocycles. The molecule has 3 rings (SSSR count). The SMILES string of the molecule is C[C@H](NC(=O)C1CCCCC1)C(=O)N1CCOC(c2ccccc2)C1. The highest BCUT2D eigenvalue weighted by atomic mass is 16.5. The van der Waals surface area contributed by atoms with E-state index in [0.29, 0.717) is 19.7 Å². The summed E-state index contributed by atoms with van der Waals surface area (Å²) >= 11 is 0. The number of morpholine rings is 1. The molecule has 25 heavy (non-hydrogen) atoms. The van der Waals surface area contributed by atoms with Crippen LogP contribution >= 0.6 is 0 Å². The Balaban J connectivity index is 1.55. The van der Waals surface area contributed by atoms with Gasteiger partial charge in [0, 0.05) is 12.5 Å². The van der Waals surface area contributed by atoms with E-state index >= 15 is 0 Å². The summed E-state index contributed by atoms with van der Waals surface area (Å²) in [7, 11) is 0. The van der Waals surface area contributed by atoms with Crippen LogP contribution in [-0.4, -0.2) is 42.5 Å². The van der Waals surface area contributed by atoms with Crippen molar-refractivity contribution < 1.29 is 14.3 Å². The predicted molar refractivity (Wildman–Crippen MR) is 95.9 cm³/mol. The first-order valence-corrected chi connectivity index (χ1v) is 9.41. The van der Waals surface area contributed by atoms with Gasteiger partial charge in [0.2, 0.25) is 11.8 Å². The van der Waals surface area contributed by atoms with Crippen LogP contribution in [0.4, 0.5) is 0 Å². The highest BCUT2D eigenvalue weighted by molar-refractivity contribution is 5.88. The zero-order valence-corrected chi connectivity index (χ0v) is 14.9. The van der Waals surface area contributed by atoms with Gasteiger partial charge in [-0.2, -0.15) is 0 Å². The van der Waals surface area contributed by atoms with Crippen molar-refractivity contribution in [3.05, 3.63) is 35.9 Å². The lowest BCUT2D eigenvalue weighted by Crippen LogP contribution is -2.52. The normalized spacial score (nSPS) is 23.1. The first kappa shape index (κ1) is 17.9. The van der Waals surface area contributed by atoms with E-state index in [4.69, 9.17) is 4.74 Å². The van der Waals surface area contributed by atoms with Crippen LogP contribution in [0.3, 0.4) is 0 Å². The van der Waals surface area contributed by atoms with Gasteiger partial charge in [-0.3, -0.25) is 9.59 Å². The van der Waals surface area contributed by atoms with Crippen molar-refractivity contribution in [2.45, 2.75) is 51.2 Å². The number of benzene rings is 1. The molecule has 1 unspecified atom stereocenters. The van der Waals surface area contributed by atoms with Crippen LogP contribution in [0.1, 0.15) is 50.7 Å². The van der Waals surface area contributed by atoms with E-state index in [9.17, 15) is 9.59 Å². The van der Waals surface area contributed by atoms with Gasteiger partial charge in [-0.15, -0.1) is 0 Å². The predicted octanol–water partition coefficient (Wildman–Crippen LogP) is 2.67. The average Bonchev–Trinajstić information content (AvgIpc) is 2.68. The summed E-state index contributed by atoms with van der Waals surface area (Å²) in [5.41, 5.74) is 1.08. The Labute approximate surface area is 149 Å². The molecule has 1 aliphatic heterocycles. The lowest BCUT2D eigenvalue weighted by Gasteiger charge is -2.35. The van der Waals surface area contributed by atoms with Gasteiger partial charge in [0.05, 0.1) is 13.2 Å². The van der Waals surface area contributed by atoms with Crippen LogP contribution < -0.4 is 5.32 Å². The highest BCUT2D eigenvalue weighted by Crippen LogP contribution is 2.24. The summed E-state index contributed by atoms with van der Waals surface area (Å²) < 4.78 is 5.82. The Hall–Kier alpha value is -1.88. The quantitative estimate of drug-likeness (QED) is 0.913. The number of hydrogen-bond acceptors (Lipinski definition) is 3. The smallest absolute Gasteiger partial charge is 0.245 e. The van der Waals surface area contributed by atoms with Crippen LogP contribution in [0.15, 0.2) is 30.3 Å². The Morgan fingerprint density at radius 1 is 1.16 bits per heavy atom. The standard InChI is InChI=1S/C20H28N2O3/c1-15(21-19(23)17-10-6-3-7-11-17)20(24)22-12-13-25-18(14-22)16-8-4-2-5-9-16/h2,4-5,8-9,15,17-18H,3,6-7,10-14H2,1H3,(H,21,23)/t15-,18?/m0/s1. The zero-order chi connectivity index (χ0) is 17.6. The third-order valence-corrected chi connectivity index (χ3v) is 5.25. The lowest BCUT2D eigenvalue weighted by molar-refractivity contribution is -0.143. The molecule has 1 saturated carbocycles. The first-order valence-electron chi connectivity index (χ1n) is 9.41. The minimum atomic E-state index is -0.482. The molecule has 5 heteroatoms. The van der Waals surface area contributed by atoms with Gasteiger partial charge >= 0.3 is 0 Å². The van der Waals surface area contributed by atoms with Crippen molar-refractivity contribution in [1.82, 2.24) is 10.2 Å². The second-order valence-electron chi connectivity index (χ2n) is 7.12. The number of nitrogens with zero attached hydrogens (tertiary/aromatic N) is 1. The fourth-order valence-electron chi connectivity index (χ4n) is 3.75. The second kappa shape index (κ2) is 8.48.